The fourth-order valence-electron chi connectivity index (χ4n) is 1.91. The minimum Gasteiger partial charge on any atom is -0.481 e. The molecule has 13 heteroatoms. The number of carboxylic acids is 1. The fraction of sp³-hybridized carbons (Fsp3) is 0.542. The number of likely N-dealkylation sites (N-methyl/N-ethyl adjacent to an activating group) is 1. The van der Waals surface area contributed by atoms with Crippen molar-refractivity contribution < 1.29 is 34.2 Å². The third-order valence-electron chi connectivity index (χ3n) is 4.04. The van der Waals surface area contributed by atoms with E-state index in [0.717, 1.165) is 18.9 Å². The first-order valence-corrected chi connectivity index (χ1v) is 11.7. The second-order valence-electron chi connectivity index (χ2n) is 7.84. The number of carbonyl (C=O) groups excluding carboxylic acids is 4. The summed E-state index contributed by atoms with van der Waals surface area (Å²) in [7, 11) is 1.76. The number of aliphatic carboxylic acids is 1. The molecule has 0 saturated heterocycles. The van der Waals surface area contributed by atoms with Gasteiger partial charge in [0.2, 0.25) is 18.2 Å². The highest BCUT2D eigenvalue weighted by Crippen LogP contribution is 2.08. The first kappa shape index (κ1) is 37.8. The number of aliphatic hydroxyl groups is 1. The standard InChI is InChI=1S/C10H12N2O3.C8H18N2O.C4H10N2O.C2H4O2/c13-6-8-1-3-9(4-2-8)12-10(15)5-11-7-14;1-6(2)7(3)10-8(11)5-9-4;1-2-3-6-4(5)7;1-2(3)4/h1-4,7,13H,5-6H2,(H,11,14)(H,12,15);6-7,9H,5H2,1-4H3,(H,10,11);2-3H2,1H3,(H3,5,6,7);1H3,(H,3,4). The van der Waals surface area contributed by atoms with Crippen LogP contribution in [0.25, 0.3) is 0 Å². The molecule has 0 aromatic heterocycles. The molecule has 0 aliphatic rings. The van der Waals surface area contributed by atoms with Crippen LogP contribution in [-0.2, 0) is 25.8 Å². The monoisotopic (exact) mass is 528 g/mol. The van der Waals surface area contributed by atoms with Crippen molar-refractivity contribution in [2.45, 2.75) is 53.7 Å². The van der Waals surface area contributed by atoms with Crippen molar-refractivity contribution in [2.75, 3.05) is 32.0 Å². The summed E-state index contributed by atoms with van der Waals surface area (Å²) in [5, 5.41) is 29.2. The average molecular weight is 529 g/mol. The molecular weight excluding hydrogens is 484 g/mol. The number of hydrogen-bond donors (Lipinski definition) is 8. The lowest BCUT2D eigenvalue weighted by atomic mass is 10.1. The summed E-state index contributed by atoms with van der Waals surface area (Å²) in [6.45, 7) is 10.2. The molecule has 1 rings (SSSR count). The number of primary amides is 1. The number of anilines is 1. The van der Waals surface area contributed by atoms with Crippen LogP contribution in [0.15, 0.2) is 24.3 Å². The first-order valence-electron chi connectivity index (χ1n) is 11.7. The lowest BCUT2D eigenvalue weighted by Gasteiger charge is -2.16. The zero-order valence-corrected chi connectivity index (χ0v) is 22.6. The average Bonchev–Trinajstić information content (AvgIpc) is 2.82. The van der Waals surface area contributed by atoms with Gasteiger partial charge in [-0.1, -0.05) is 32.9 Å². The summed E-state index contributed by atoms with van der Waals surface area (Å²) < 4.78 is 0. The van der Waals surface area contributed by atoms with Gasteiger partial charge in [0.15, 0.2) is 0 Å². The molecule has 0 spiro atoms. The van der Waals surface area contributed by atoms with Crippen molar-refractivity contribution in [3.05, 3.63) is 29.8 Å². The highest BCUT2D eigenvalue weighted by atomic mass is 16.4. The van der Waals surface area contributed by atoms with E-state index in [1.807, 2.05) is 13.8 Å². The Labute approximate surface area is 219 Å². The van der Waals surface area contributed by atoms with Crippen molar-refractivity contribution in [1.29, 1.82) is 0 Å². The highest BCUT2D eigenvalue weighted by molar-refractivity contribution is 5.93. The number of benzene rings is 1. The molecule has 0 saturated carbocycles. The van der Waals surface area contributed by atoms with Crippen LogP contribution in [0.3, 0.4) is 0 Å². The number of nitrogens with one attached hydrogen (secondary N) is 5. The van der Waals surface area contributed by atoms with Gasteiger partial charge < -0.3 is 42.5 Å². The van der Waals surface area contributed by atoms with Gasteiger partial charge in [-0.15, -0.1) is 0 Å². The van der Waals surface area contributed by atoms with Gasteiger partial charge in [0.05, 0.1) is 19.7 Å². The van der Waals surface area contributed by atoms with Gasteiger partial charge >= 0.3 is 6.03 Å². The van der Waals surface area contributed by atoms with Crippen LogP contribution in [0.2, 0.25) is 0 Å². The molecule has 212 valence electrons. The minimum absolute atomic E-state index is 0.0269. The summed E-state index contributed by atoms with van der Waals surface area (Å²) in [6, 6.07) is 6.61. The maximum absolute atomic E-state index is 11.1. The Bertz CT molecular complexity index is 769. The summed E-state index contributed by atoms with van der Waals surface area (Å²) in [4.78, 5) is 50.9. The number of rotatable bonds is 11. The van der Waals surface area contributed by atoms with Crippen LogP contribution in [0.5, 0.6) is 0 Å². The Balaban J connectivity index is -0.000000461. The summed E-state index contributed by atoms with van der Waals surface area (Å²) >= 11 is 0. The fourth-order valence-corrected chi connectivity index (χ4v) is 1.91. The molecule has 0 heterocycles. The molecule has 0 bridgehead atoms. The van der Waals surface area contributed by atoms with E-state index in [-0.39, 0.29) is 31.0 Å². The van der Waals surface area contributed by atoms with Crippen molar-refractivity contribution in [3.63, 3.8) is 0 Å². The van der Waals surface area contributed by atoms with Crippen LogP contribution < -0.4 is 32.3 Å². The van der Waals surface area contributed by atoms with Gasteiger partial charge in [0.25, 0.3) is 5.97 Å². The molecule has 0 fully saturated rings. The van der Waals surface area contributed by atoms with E-state index in [4.69, 9.17) is 20.7 Å². The van der Waals surface area contributed by atoms with Crippen molar-refractivity contribution >= 4 is 35.9 Å². The molecule has 0 aliphatic heterocycles. The second kappa shape index (κ2) is 25.4. The number of aliphatic hydroxyl groups excluding tert-OH is 1. The smallest absolute Gasteiger partial charge is 0.312 e. The molecule has 1 aromatic carbocycles. The first-order chi connectivity index (χ1) is 17.3. The summed E-state index contributed by atoms with van der Waals surface area (Å²) in [6.07, 6.45) is 1.40. The molecule has 1 unspecified atom stereocenters. The SMILES string of the molecule is CC(=O)O.CCCNC(N)=O.CNCC(=O)NC(C)C(C)C.O=CNCC(=O)Nc1ccc(CO)cc1. The normalized spacial score (nSPS) is 9.95. The van der Waals surface area contributed by atoms with Gasteiger partial charge in [-0.25, -0.2) is 4.79 Å². The Morgan fingerprint density at radius 2 is 1.57 bits per heavy atom. The molecule has 1 atom stereocenters. The van der Waals surface area contributed by atoms with Crippen LogP contribution >= 0.6 is 0 Å². The van der Waals surface area contributed by atoms with Gasteiger partial charge in [-0.2, -0.15) is 0 Å². The maximum Gasteiger partial charge on any atom is 0.312 e. The molecule has 0 radical (unpaired) electrons. The number of amides is 5. The van der Waals surface area contributed by atoms with E-state index in [9.17, 15) is 19.2 Å². The number of urea groups is 1. The number of nitrogens with two attached hydrogens (primary N) is 1. The Morgan fingerprint density at radius 1 is 1.03 bits per heavy atom. The quantitative estimate of drug-likeness (QED) is 0.188. The van der Waals surface area contributed by atoms with E-state index in [1.165, 1.54) is 0 Å². The summed E-state index contributed by atoms with van der Waals surface area (Å²) in [5.41, 5.74) is 6.13. The zero-order valence-electron chi connectivity index (χ0n) is 22.6. The van der Waals surface area contributed by atoms with Gasteiger partial charge in [-0.05, 0) is 44.0 Å². The summed E-state index contributed by atoms with van der Waals surface area (Å²) in [5.74, 6) is -0.566. The van der Waals surface area contributed by atoms with Gasteiger partial charge in [0.1, 0.15) is 0 Å². The third-order valence-corrected chi connectivity index (χ3v) is 4.04. The van der Waals surface area contributed by atoms with Crippen molar-refractivity contribution in [1.82, 2.24) is 21.3 Å². The predicted molar refractivity (Wildman–Crippen MR) is 143 cm³/mol. The van der Waals surface area contributed by atoms with Crippen LogP contribution in [0.4, 0.5) is 10.5 Å². The van der Waals surface area contributed by atoms with Crippen molar-refractivity contribution in [2.24, 2.45) is 11.7 Å². The molecule has 9 N–H and O–H groups in total. The Morgan fingerprint density at radius 3 is 1.92 bits per heavy atom. The second-order valence-corrected chi connectivity index (χ2v) is 7.84. The molecule has 0 aliphatic carbocycles. The van der Waals surface area contributed by atoms with E-state index in [2.05, 4.69) is 40.4 Å². The highest BCUT2D eigenvalue weighted by Gasteiger charge is 2.08. The van der Waals surface area contributed by atoms with E-state index < -0.39 is 12.0 Å². The molecule has 5 amide bonds. The number of carboxylic acid groups (broad SMARTS) is 1. The van der Waals surface area contributed by atoms with E-state index in [1.54, 1.807) is 31.3 Å². The minimum atomic E-state index is -0.833. The number of hydrogen-bond acceptors (Lipinski definition) is 7. The molecule has 13 nitrogen and oxygen atoms in total. The lowest BCUT2D eigenvalue weighted by Crippen LogP contribution is -2.40. The van der Waals surface area contributed by atoms with Crippen LogP contribution in [0, 0.1) is 5.92 Å². The third kappa shape index (κ3) is 30.3. The largest absolute Gasteiger partial charge is 0.481 e. The van der Waals surface area contributed by atoms with Crippen LogP contribution in [0.1, 0.15) is 46.6 Å². The zero-order chi connectivity index (χ0) is 29.2. The van der Waals surface area contributed by atoms with Crippen LogP contribution in [-0.4, -0.2) is 73.2 Å². The maximum atomic E-state index is 11.1. The number of carbonyl (C=O) groups is 5. The predicted octanol–water partition coefficient (Wildman–Crippen LogP) is 0.386. The van der Waals surface area contributed by atoms with Gasteiger partial charge in [-0.3, -0.25) is 19.2 Å². The lowest BCUT2D eigenvalue weighted by molar-refractivity contribution is -0.134. The molecular formula is C24H44N6O7. The van der Waals surface area contributed by atoms with E-state index in [0.29, 0.717) is 31.1 Å². The molecule has 1 aromatic rings. The topological polar surface area (TPSA) is 212 Å². The van der Waals surface area contributed by atoms with Crippen molar-refractivity contribution in [3.8, 4) is 0 Å². The Kier molecular flexibility index (Phi) is 26.0. The van der Waals surface area contributed by atoms with E-state index >= 15 is 0 Å². The van der Waals surface area contributed by atoms with Gasteiger partial charge in [0, 0.05) is 25.2 Å². The Hall–Kier alpha value is -3.71. The molecule has 37 heavy (non-hydrogen) atoms.